The normalized spacial score (nSPS) is 15.1. The number of carbonyl (C=O) groups excluding carboxylic acids is 1. The molecular weight excluding hydrogens is 436 g/mol. The van der Waals surface area contributed by atoms with Gasteiger partial charge in [-0.15, -0.1) is 11.3 Å². The molecule has 0 fully saturated rings. The zero-order valence-corrected chi connectivity index (χ0v) is 18.0. The average Bonchev–Trinajstić information content (AvgIpc) is 3.25. The number of para-hydroxylation sites is 1. The van der Waals surface area contributed by atoms with Gasteiger partial charge in [0.05, 0.1) is 27.1 Å². The molecular formula is C24H18N6O2S. The van der Waals surface area contributed by atoms with Gasteiger partial charge < -0.3 is 15.4 Å². The van der Waals surface area contributed by atoms with Crippen LogP contribution in [0.3, 0.4) is 0 Å². The van der Waals surface area contributed by atoms with Crippen molar-refractivity contribution >= 4 is 50.8 Å². The van der Waals surface area contributed by atoms with E-state index in [4.69, 9.17) is 15.6 Å². The molecule has 0 bridgehead atoms. The number of benzodiazepines with no additional fused rings is 1. The Labute approximate surface area is 193 Å². The van der Waals surface area contributed by atoms with Gasteiger partial charge in [0.15, 0.2) is 0 Å². The number of fused-ring (bicyclic) bond motifs is 2. The molecule has 8 nitrogen and oxygen atoms in total. The summed E-state index contributed by atoms with van der Waals surface area (Å²) >= 11 is 1.46. The summed E-state index contributed by atoms with van der Waals surface area (Å²) < 4.78 is 6.28. The number of benzene rings is 3. The van der Waals surface area contributed by atoms with Gasteiger partial charge in [-0.3, -0.25) is 15.6 Å². The highest BCUT2D eigenvalue weighted by atomic mass is 32.1. The van der Waals surface area contributed by atoms with Gasteiger partial charge in [0.25, 0.3) is 11.9 Å². The topological polar surface area (TPSA) is 123 Å². The van der Waals surface area contributed by atoms with Gasteiger partial charge in [-0.1, -0.05) is 48.5 Å². The first-order valence-corrected chi connectivity index (χ1v) is 10.9. The predicted molar refractivity (Wildman–Crippen MR) is 129 cm³/mol. The van der Waals surface area contributed by atoms with Crippen molar-refractivity contribution in [2.75, 3.05) is 5.32 Å². The summed E-state index contributed by atoms with van der Waals surface area (Å²) in [5.74, 6) is -0.647. The highest BCUT2D eigenvalue weighted by molar-refractivity contribution is 7.16. The summed E-state index contributed by atoms with van der Waals surface area (Å²) in [6.07, 6.45) is -1.11. The molecule has 4 aromatic rings. The van der Waals surface area contributed by atoms with E-state index in [0.29, 0.717) is 17.0 Å². The number of carbonyl (C=O) groups is 1. The maximum absolute atomic E-state index is 12.9. The second kappa shape index (κ2) is 8.64. The molecule has 1 aromatic heterocycles. The minimum absolute atomic E-state index is 0.215. The van der Waals surface area contributed by atoms with E-state index >= 15 is 0 Å². The lowest BCUT2D eigenvalue weighted by atomic mass is 10.0. The van der Waals surface area contributed by atoms with Crippen LogP contribution in [0.4, 0.5) is 5.69 Å². The largest absolute Gasteiger partial charge is 0.407 e. The van der Waals surface area contributed by atoms with E-state index in [0.717, 1.165) is 21.3 Å². The molecule has 1 aliphatic rings. The molecule has 9 heteroatoms. The van der Waals surface area contributed by atoms with Gasteiger partial charge in [-0.25, -0.2) is 9.98 Å². The molecule has 1 atom stereocenters. The van der Waals surface area contributed by atoms with Crippen molar-refractivity contribution in [3.8, 4) is 0 Å². The van der Waals surface area contributed by atoms with E-state index in [1.807, 2.05) is 48.5 Å². The Kier molecular flexibility index (Phi) is 5.37. The van der Waals surface area contributed by atoms with E-state index in [2.05, 4.69) is 20.6 Å². The number of thiazole rings is 1. The zero-order valence-electron chi connectivity index (χ0n) is 17.2. The number of amides is 1. The van der Waals surface area contributed by atoms with Crippen molar-refractivity contribution in [3.63, 3.8) is 0 Å². The number of ether oxygens (including phenoxy) is 1. The van der Waals surface area contributed by atoms with E-state index in [-0.39, 0.29) is 5.90 Å². The lowest BCUT2D eigenvalue weighted by molar-refractivity contribution is -0.117. The fourth-order valence-corrected chi connectivity index (χ4v) is 4.21. The van der Waals surface area contributed by atoms with E-state index in [1.165, 1.54) is 11.3 Å². The number of hydrogen-bond acceptors (Lipinski definition) is 7. The van der Waals surface area contributed by atoms with Crippen LogP contribution in [0.5, 0.6) is 0 Å². The second-order valence-corrected chi connectivity index (χ2v) is 8.11. The fraction of sp³-hybridized carbons (Fsp3) is 0.0417. The molecule has 162 valence electrons. The third-order valence-corrected chi connectivity index (χ3v) is 5.85. The Hall–Kier alpha value is -4.37. The first-order chi connectivity index (χ1) is 16.1. The van der Waals surface area contributed by atoms with Gasteiger partial charge in [0.1, 0.15) is 0 Å². The van der Waals surface area contributed by atoms with Gasteiger partial charge in [-0.05, 0) is 24.3 Å². The molecule has 0 saturated heterocycles. The predicted octanol–water partition coefficient (Wildman–Crippen LogP) is 3.98. The number of aromatic nitrogens is 1. The smallest absolute Gasteiger partial charge is 0.290 e. The fourth-order valence-electron chi connectivity index (χ4n) is 3.49. The molecule has 2 heterocycles. The molecule has 4 N–H and O–H groups in total. The Balaban J connectivity index is 1.39. The van der Waals surface area contributed by atoms with Crippen LogP contribution >= 0.6 is 11.3 Å². The molecule has 1 unspecified atom stereocenters. The Morgan fingerprint density at radius 2 is 1.82 bits per heavy atom. The molecule has 0 saturated carbocycles. The molecule has 0 aliphatic carbocycles. The summed E-state index contributed by atoms with van der Waals surface area (Å²) in [6, 6.07) is 21.8. The molecule has 0 spiro atoms. The minimum atomic E-state index is -1.11. The summed E-state index contributed by atoms with van der Waals surface area (Å²) in [5.41, 5.74) is 5.93. The number of aliphatic imine (C=N–C) groups is 1. The Morgan fingerprint density at radius 3 is 2.67 bits per heavy atom. The zero-order chi connectivity index (χ0) is 22.8. The number of nitrogens with one attached hydrogen (secondary N) is 4. The van der Waals surface area contributed by atoms with E-state index in [9.17, 15) is 4.79 Å². The molecule has 3 aromatic carbocycles. The van der Waals surface area contributed by atoms with Crippen LogP contribution in [-0.4, -0.2) is 34.7 Å². The van der Waals surface area contributed by atoms with Crippen LogP contribution in [-0.2, 0) is 9.53 Å². The summed E-state index contributed by atoms with van der Waals surface area (Å²) in [6.45, 7) is 0. The van der Waals surface area contributed by atoms with E-state index in [1.54, 1.807) is 29.8 Å². The van der Waals surface area contributed by atoms with Crippen LogP contribution < -0.4 is 10.6 Å². The highest BCUT2D eigenvalue weighted by Crippen LogP contribution is 2.24. The second-order valence-electron chi connectivity index (χ2n) is 7.22. The number of hydrogen-bond donors (Lipinski definition) is 4. The van der Waals surface area contributed by atoms with Crippen molar-refractivity contribution in [1.82, 2.24) is 10.3 Å². The summed E-state index contributed by atoms with van der Waals surface area (Å²) in [4.78, 5) is 21.7. The lowest BCUT2D eigenvalue weighted by Gasteiger charge is -2.15. The van der Waals surface area contributed by atoms with Crippen molar-refractivity contribution in [2.45, 2.75) is 6.17 Å². The van der Waals surface area contributed by atoms with Crippen molar-refractivity contribution in [1.29, 1.82) is 10.8 Å². The van der Waals surface area contributed by atoms with Gasteiger partial charge in [-0.2, -0.15) is 0 Å². The van der Waals surface area contributed by atoms with Crippen LogP contribution in [0.25, 0.3) is 10.2 Å². The molecule has 33 heavy (non-hydrogen) atoms. The Bertz CT molecular complexity index is 1410. The van der Waals surface area contributed by atoms with Crippen LogP contribution in [0.15, 0.2) is 83.3 Å². The van der Waals surface area contributed by atoms with Crippen molar-refractivity contribution in [2.24, 2.45) is 4.99 Å². The molecule has 5 rings (SSSR count). The monoisotopic (exact) mass is 454 g/mol. The maximum Gasteiger partial charge on any atom is 0.290 e. The van der Waals surface area contributed by atoms with Crippen LogP contribution in [0.2, 0.25) is 0 Å². The number of nitrogens with zero attached hydrogens (tertiary/aromatic N) is 2. The average molecular weight is 455 g/mol. The number of anilines is 1. The summed E-state index contributed by atoms with van der Waals surface area (Å²) in [7, 11) is 0. The minimum Gasteiger partial charge on any atom is -0.407 e. The third-order valence-electron chi connectivity index (χ3n) is 5.06. The van der Waals surface area contributed by atoms with Crippen LogP contribution in [0.1, 0.15) is 16.7 Å². The highest BCUT2D eigenvalue weighted by Gasteiger charge is 2.27. The first kappa shape index (κ1) is 20.5. The number of rotatable bonds is 3. The van der Waals surface area contributed by atoms with Gasteiger partial charge in [0.2, 0.25) is 12.1 Å². The standard InChI is InChI=1S/C24H18N6O2S/c25-21(15-10-11-18-19(12-15)33-13-27-18)32-24(26)30-22-23(31)28-17-9-5-4-8-16(17)20(29-22)14-6-2-1-3-7-14/h1-13,22,25H,(H2,26,30)(H,28,31). The van der Waals surface area contributed by atoms with E-state index < -0.39 is 18.1 Å². The Morgan fingerprint density at radius 1 is 1.03 bits per heavy atom. The van der Waals surface area contributed by atoms with Gasteiger partial charge in [0, 0.05) is 16.7 Å². The SMILES string of the molecule is N=C(NC1N=C(c2ccccc2)c2ccccc2NC1=O)OC(=N)c1ccc2ncsc2c1. The first-order valence-electron chi connectivity index (χ1n) is 10.1. The third kappa shape index (κ3) is 4.21. The number of amidine groups is 1. The maximum atomic E-state index is 12.9. The van der Waals surface area contributed by atoms with Crippen molar-refractivity contribution < 1.29 is 9.53 Å². The van der Waals surface area contributed by atoms with Crippen molar-refractivity contribution in [3.05, 3.63) is 95.0 Å². The molecule has 1 aliphatic heterocycles. The molecule has 1 amide bonds. The van der Waals surface area contributed by atoms with Gasteiger partial charge >= 0.3 is 0 Å². The lowest BCUT2D eigenvalue weighted by Crippen LogP contribution is -2.43. The summed E-state index contributed by atoms with van der Waals surface area (Å²) in [5, 5.41) is 22.0. The quantitative estimate of drug-likeness (QED) is 0.276. The molecule has 0 radical (unpaired) electrons. The van der Waals surface area contributed by atoms with Crippen LogP contribution in [0, 0.1) is 10.8 Å².